The molecule has 0 amide bonds. The van der Waals surface area contributed by atoms with Crippen LogP contribution in [0, 0.1) is 0 Å². The van der Waals surface area contributed by atoms with Gasteiger partial charge in [-0.25, -0.2) is 9.59 Å². The minimum Gasteiger partial charge on any atom is -0.494 e. The van der Waals surface area contributed by atoms with Gasteiger partial charge in [-0.3, -0.25) is 0 Å². The lowest BCUT2D eigenvalue weighted by Crippen LogP contribution is -2.10. The third-order valence-electron chi connectivity index (χ3n) is 3.22. The van der Waals surface area contributed by atoms with Crippen LogP contribution in [0.25, 0.3) is 0 Å². The van der Waals surface area contributed by atoms with E-state index < -0.39 is 11.9 Å². The van der Waals surface area contributed by atoms with Crippen molar-refractivity contribution in [2.45, 2.75) is 20.8 Å². The van der Waals surface area contributed by atoms with Crippen molar-refractivity contribution in [3.05, 3.63) is 59.7 Å². The summed E-state index contributed by atoms with van der Waals surface area (Å²) < 4.78 is 20.4. The molecule has 0 aromatic heterocycles. The average Bonchev–Trinajstić information content (AvgIpc) is 2.71. The Balaban J connectivity index is 0.00000176. The summed E-state index contributed by atoms with van der Waals surface area (Å²) in [5.41, 5.74) is 0.781. The maximum atomic E-state index is 12.1. The third kappa shape index (κ3) is 7.50. The van der Waals surface area contributed by atoms with Crippen LogP contribution in [0.5, 0.6) is 11.5 Å². The highest BCUT2D eigenvalue weighted by molar-refractivity contribution is 5.92. The standard InChI is InChI=1S/C19H20O6.C2H6/c1-3-23-16-8-4-15(5-9-16)19(21)25-17-10-6-14(7-11-17)18(20)24-13-12-22-2;1-2/h4-11H,3,12-13H2,1-2H3;1-2H3. The molecular weight excluding hydrogens is 348 g/mol. The lowest BCUT2D eigenvalue weighted by molar-refractivity contribution is 0.0388. The predicted molar refractivity (Wildman–Crippen MR) is 103 cm³/mol. The van der Waals surface area contributed by atoms with E-state index in [1.807, 2.05) is 20.8 Å². The van der Waals surface area contributed by atoms with Gasteiger partial charge >= 0.3 is 11.9 Å². The Morgan fingerprint density at radius 1 is 0.778 bits per heavy atom. The van der Waals surface area contributed by atoms with Crippen LogP contribution < -0.4 is 9.47 Å². The smallest absolute Gasteiger partial charge is 0.343 e. The van der Waals surface area contributed by atoms with E-state index in [1.165, 1.54) is 19.2 Å². The topological polar surface area (TPSA) is 71.1 Å². The number of methoxy groups -OCH3 is 1. The highest BCUT2D eigenvalue weighted by atomic mass is 16.6. The molecule has 0 aliphatic rings. The summed E-state index contributed by atoms with van der Waals surface area (Å²) in [6.45, 7) is 6.97. The van der Waals surface area contributed by atoms with Crippen molar-refractivity contribution in [1.82, 2.24) is 0 Å². The molecule has 0 unspecified atom stereocenters. The molecule has 0 spiro atoms. The summed E-state index contributed by atoms with van der Waals surface area (Å²) in [4.78, 5) is 23.9. The van der Waals surface area contributed by atoms with Crippen LogP contribution in [0.1, 0.15) is 41.5 Å². The first-order valence-electron chi connectivity index (χ1n) is 8.85. The van der Waals surface area contributed by atoms with Gasteiger partial charge in [0.05, 0.1) is 24.3 Å². The van der Waals surface area contributed by atoms with Gasteiger partial charge in [-0.2, -0.15) is 0 Å². The first-order valence-corrected chi connectivity index (χ1v) is 8.85. The van der Waals surface area contributed by atoms with Crippen LogP contribution in [0.4, 0.5) is 0 Å². The average molecular weight is 374 g/mol. The molecule has 0 atom stereocenters. The lowest BCUT2D eigenvalue weighted by atomic mass is 10.2. The van der Waals surface area contributed by atoms with E-state index in [1.54, 1.807) is 36.4 Å². The van der Waals surface area contributed by atoms with E-state index in [2.05, 4.69) is 0 Å². The molecule has 2 rings (SSSR count). The molecule has 0 aliphatic heterocycles. The first kappa shape index (κ1) is 22.2. The molecule has 6 nitrogen and oxygen atoms in total. The van der Waals surface area contributed by atoms with Crippen molar-refractivity contribution < 1.29 is 28.5 Å². The van der Waals surface area contributed by atoms with Crippen LogP contribution in [-0.2, 0) is 9.47 Å². The number of carbonyl (C=O) groups is 2. The van der Waals surface area contributed by atoms with Crippen LogP contribution in [0.3, 0.4) is 0 Å². The maximum Gasteiger partial charge on any atom is 0.343 e. The number of hydrogen-bond acceptors (Lipinski definition) is 6. The molecule has 0 saturated carbocycles. The minimum absolute atomic E-state index is 0.184. The summed E-state index contributed by atoms with van der Waals surface area (Å²) in [5, 5.41) is 0. The van der Waals surface area contributed by atoms with E-state index in [4.69, 9.17) is 18.9 Å². The normalized spacial score (nSPS) is 9.63. The maximum absolute atomic E-state index is 12.1. The molecule has 0 fully saturated rings. The molecule has 0 heterocycles. The van der Waals surface area contributed by atoms with Crippen molar-refractivity contribution in [3.63, 3.8) is 0 Å². The van der Waals surface area contributed by atoms with E-state index >= 15 is 0 Å². The van der Waals surface area contributed by atoms with Gasteiger partial charge in [-0.1, -0.05) is 13.8 Å². The monoisotopic (exact) mass is 374 g/mol. The van der Waals surface area contributed by atoms with Gasteiger partial charge in [-0.15, -0.1) is 0 Å². The second-order valence-electron chi connectivity index (χ2n) is 5.00. The molecule has 0 saturated heterocycles. The largest absolute Gasteiger partial charge is 0.494 e. The Labute approximate surface area is 160 Å². The van der Waals surface area contributed by atoms with E-state index in [-0.39, 0.29) is 6.61 Å². The van der Waals surface area contributed by atoms with E-state index in [0.717, 1.165) is 0 Å². The zero-order valence-corrected chi connectivity index (χ0v) is 16.2. The molecule has 0 N–H and O–H groups in total. The Bertz CT molecular complexity index is 692. The number of hydrogen-bond donors (Lipinski definition) is 0. The highest BCUT2D eigenvalue weighted by Crippen LogP contribution is 2.17. The fourth-order valence-corrected chi connectivity index (χ4v) is 1.98. The number of carbonyl (C=O) groups excluding carboxylic acids is 2. The summed E-state index contributed by atoms with van der Waals surface area (Å²) in [5.74, 6) is 0.0858. The summed E-state index contributed by atoms with van der Waals surface area (Å²) >= 11 is 0. The van der Waals surface area contributed by atoms with Gasteiger partial charge in [-0.05, 0) is 55.5 Å². The first-order chi connectivity index (χ1) is 13.1. The molecule has 2 aromatic rings. The van der Waals surface area contributed by atoms with Crippen molar-refractivity contribution in [2.75, 3.05) is 26.9 Å². The van der Waals surface area contributed by atoms with Gasteiger partial charge in [0, 0.05) is 7.11 Å². The van der Waals surface area contributed by atoms with Crippen molar-refractivity contribution in [3.8, 4) is 11.5 Å². The van der Waals surface area contributed by atoms with Crippen LogP contribution >= 0.6 is 0 Å². The lowest BCUT2D eigenvalue weighted by Gasteiger charge is -2.07. The van der Waals surface area contributed by atoms with Gasteiger partial charge in [0.25, 0.3) is 0 Å². The SMILES string of the molecule is CC.CCOc1ccc(C(=O)Oc2ccc(C(=O)OCCOC)cc2)cc1. The second kappa shape index (κ2) is 12.5. The predicted octanol–water partition coefficient (Wildman–Crippen LogP) is 4.13. The quantitative estimate of drug-likeness (QED) is 0.393. The zero-order valence-electron chi connectivity index (χ0n) is 16.2. The molecule has 0 bridgehead atoms. The fourth-order valence-electron chi connectivity index (χ4n) is 1.98. The number of esters is 2. The minimum atomic E-state index is -0.488. The molecule has 146 valence electrons. The van der Waals surface area contributed by atoms with Gasteiger partial charge in [0.1, 0.15) is 18.1 Å². The molecule has 0 radical (unpaired) electrons. The summed E-state index contributed by atoms with van der Waals surface area (Å²) in [6, 6.07) is 12.8. The highest BCUT2D eigenvalue weighted by Gasteiger charge is 2.11. The Hall–Kier alpha value is -2.86. The Kier molecular flexibility index (Phi) is 10.3. The number of ether oxygens (including phenoxy) is 4. The second-order valence-corrected chi connectivity index (χ2v) is 5.00. The van der Waals surface area contributed by atoms with Crippen LogP contribution in [-0.4, -0.2) is 38.9 Å². The molecule has 6 heteroatoms. The summed E-state index contributed by atoms with van der Waals surface area (Å²) in [6.07, 6.45) is 0. The Morgan fingerprint density at radius 3 is 1.81 bits per heavy atom. The fraction of sp³-hybridized carbons (Fsp3) is 0.333. The zero-order chi connectivity index (χ0) is 20.1. The van der Waals surface area contributed by atoms with Crippen molar-refractivity contribution >= 4 is 11.9 Å². The third-order valence-corrected chi connectivity index (χ3v) is 3.22. The molecule has 0 aliphatic carbocycles. The van der Waals surface area contributed by atoms with E-state index in [9.17, 15) is 9.59 Å². The van der Waals surface area contributed by atoms with Crippen LogP contribution in [0.15, 0.2) is 48.5 Å². The van der Waals surface area contributed by atoms with Crippen molar-refractivity contribution in [1.29, 1.82) is 0 Å². The number of rotatable bonds is 8. The summed E-state index contributed by atoms with van der Waals surface area (Å²) in [7, 11) is 1.53. The molecule has 27 heavy (non-hydrogen) atoms. The van der Waals surface area contributed by atoms with Gasteiger partial charge in [0.2, 0.25) is 0 Å². The van der Waals surface area contributed by atoms with Gasteiger partial charge in [0.15, 0.2) is 0 Å². The number of benzene rings is 2. The molecular formula is C21H26O6. The Morgan fingerprint density at radius 2 is 1.30 bits per heavy atom. The van der Waals surface area contributed by atoms with Crippen LogP contribution in [0.2, 0.25) is 0 Å². The van der Waals surface area contributed by atoms with Crippen molar-refractivity contribution in [2.24, 2.45) is 0 Å². The van der Waals surface area contributed by atoms with Gasteiger partial charge < -0.3 is 18.9 Å². The molecule has 2 aromatic carbocycles. The van der Waals surface area contributed by atoms with E-state index in [0.29, 0.717) is 35.8 Å².